The number of aromatic nitrogens is 5. The summed E-state index contributed by atoms with van der Waals surface area (Å²) in [6, 6.07) is 4.03. The summed E-state index contributed by atoms with van der Waals surface area (Å²) in [4.78, 5) is 10.9. The Labute approximate surface area is 161 Å². The lowest BCUT2D eigenvalue weighted by atomic mass is 10.1. The van der Waals surface area contributed by atoms with E-state index in [2.05, 4.69) is 20.2 Å². The second-order valence-electron chi connectivity index (χ2n) is 6.72. The van der Waals surface area contributed by atoms with Crippen molar-refractivity contribution in [2.24, 2.45) is 0 Å². The first kappa shape index (κ1) is 18.0. The van der Waals surface area contributed by atoms with Gasteiger partial charge in [-0.25, -0.2) is 9.97 Å². The van der Waals surface area contributed by atoms with Crippen molar-refractivity contribution in [3.8, 4) is 11.6 Å². The largest absolute Gasteiger partial charge is 0.422 e. The summed E-state index contributed by atoms with van der Waals surface area (Å²) in [5, 5.41) is 7.42. The Morgan fingerprint density at radius 3 is 2.66 bits per heavy atom. The van der Waals surface area contributed by atoms with Gasteiger partial charge in [0, 0.05) is 31.2 Å². The zero-order chi connectivity index (χ0) is 20.0. The van der Waals surface area contributed by atoms with Gasteiger partial charge in [0.05, 0.1) is 24.5 Å². The quantitative estimate of drug-likeness (QED) is 0.519. The minimum absolute atomic E-state index is 0.00482. The number of imidazole rings is 1. The number of ether oxygens (including phenoxy) is 1. The van der Waals surface area contributed by atoms with Crippen molar-refractivity contribution in [2.45, 2.75) is 12.7 Å². The lowest BCUT2D eigenvalue weighted by Gasteiger charge is -2.26. The molecule has 1 saturated heterocycles. The number of morpholine rings is 1. The minimum Gasteiger partial charge on any atom is -0.422 e. The summed E-state index contributed by atoms with van der Waals surface area (Å²) < 4.78 is 53.3. The molecule has 0 unspecified atom stereocenters. The number of alkyl halides is 3. The van der Waals surface area contributed by atoms with Crippen molar-refractivity contribution in [2.75, 3.05) is 26.3 Å². The molecule has 0 amide bonds. The van der Waals surface area contributed by atoms with Crippen LogP contribution in [0.25, 0.3) is 28.3 Å². The predicted molar refractivity (Wildman–Crippen MR) is 94.9 cm³/mol. The number of nitrogens with zero attached hydrogens (tertiary/aromatic N) is 6. The van der Waals surface area contributed by atoms with Crippen molar-refractivity contribution >= 4 is 16.7 Å². The average molecular weight is 404 g/mol. The molecule has 0 radical (unpaired) electrons. The van der Waals surface area contributed by atoms with Crippen LogP contribution in [0.5, 0.6) is 0 Å². The summed E-state index contributed by atoms with van der Waals surface area (Å²) in [6.07, 6.45) is -1.79. The first-order valence-electron chi connectivity index (χ1n) is 8.94. The van der Waals surface area contributed by atoms with E-state index in [1.807, 2.05) is 4.90 Å². The summed E-state index contributed by atoms with van der Waals surface area (Å²) in [5.41, 5.74) is 0.602. The molecule has 0 spiro atoms. The molecule has 0 bridgehead atoms. The summed E-state index contributed by atoms with van der Waals surface area (Å²) in [5.74, 6) is 0.183. The van der Waals surface area contributed by atoms with Gasteiger partial charge in [0.2, 0.25) is 6.39 Å². The van der Waals surface area contributed by atoms with Crippen molar-refractivity contribution in [1.29, 1.82) is 0 Å². The minimum atomic E-state index is -4.51. The average Bonchev–Trinajstić information content (AvgIpc) is 3.37. The smallest absolute Gasteiger partial charge is 0.417 e. The molecule has 0 saturated carbocycles. The molecular formula is C18H15F3N6O2. The lowest BCUT2D eigenvalue weighted by molar-refractivity contribution is -0.136. The fourth-order valence-electron chi connectivity index (χ4n) is 3.47. The third kappa shape index (κ3) is 3.32. The zero-order valence-electron chi connectivity index (χ0n) is 15.1. The monoisotopic (exact) mass is 404 g/mol. The first-order chi connectivity index (χ1) is 14.0. The van der Waals surface area contributed by atoms with Gasteiger partial charge in [-0.3, -0.25) is 9.30 Å². The molecule has 29 heavy (non-hydrogen) atoms. The molecule has 1 fully saturated rings. The fraction of sp³-hybridized carbons (Fsp3) is 0.333. The Balaban J connectivity index is 1.68. The number of fused-ring (bicyclic) bond motifs is 3. The Kier molecular flexibility index (Phi) is 4.21. The van der Waals surface area contributed by atoms with E-state index in [0.29, 0.717) is 49.9 Å². The van der Waals surface area contributed by atoms with E-state index in [9.17, 15) is 13.2 Å². The number of hydrogen-bond acceptors (Lipinski definition) is 7. The summed E-state index contributed by atoms with van der Waals surface area (Å²) >= 11 is 0. The van der Waals surface area contributed by atoms with E-state index in [0.717, 1.165) is 12.5 Å². The topological polar surface area (TPSA) is 81.6 Å². The Morgan fingerprint density at radius 2 is 1.93 bits per heavy atom. The van der Waals surface area contributed by atoms with Crippen molar-refractivity contribution in [3.63, 3.8) is 0 Å². The first-order valence-corrected chi connectivity index (χ1v) is 8.94. The van der Waals surface area contributed by atoms with Gasteiger partial charge < -0.3 is 9.15 Å². The van der Waals surface area contributed by atoms with Crippen LogP contribution < -0.4 is 0 Å². The van der Waals surface area contributed by atoms with Gasteiger partial charge >= 0.3 is 6.18 Å². The van der Waals surface area contributed by atoms with Crippen LogP contribution in [0.2, 0.25) is 0 Å². The maximum atomic E-state index is 13.8. The number of rotatable bonds is 3. The van der Waals surface area contributed by atoms with Crippen LogP contribution in [0.3, 0.4) is 0 Å². The summed E-state index contributed by atoms with van der Waals surface area (Å²) in [7, 11) is 0. The van der Waals surface area contributed by atoms with Gasteiger partial charge in [-0.2, -0.15) is 13.2 Å². The fourth-order valence-corrected chi connectivity index (χ4v) is 3.47. The maximum absolute atomic E-state index is 13.8. The molecule has 0 N–H and O–H groups in total. The molecule has 0 atom stereocenters. The zero-order valence-corrected chi connectivity index (χ0v) is 15.1. The maximum Gasteiger partial charge on any atom is 0.417 e. The van der Waals surface area contributed by atoms with Crippen LogP contribution in [-0.4, -0.2) is 55.8 Å². The highest BCUT2D eigenvalue weighted by atomic mass is 19.4. The normalized spacial score (nSPS) is 16.1. The van der Waals surface area contributed by atoms with Crippen molar-refractivity contribution in [3.05, 3.63) is 42.0 Å². The number of hydrogen-bond donors (Lipinski definition) is 0. The molecular weight excluding hydrogens is 389 g/mol. The van der Waals surface area contributed by atoms with Crippen LogP contribution in [0.15, 0.2) is 35.2 Å². The van der Waals surface area contributed by atoms with Gasteiger partial charge in [0.15, 0.2) is 0 Å². The second kappa shape index (κ2) is 6.78. The molecule has 8 nitrogen and oxygen atoms in total. The second-order valence-corrected chi connectivity index (χ2v) is 6.72. The van der Waals surface area contributed by atoms with E-state index in [1.54, 1.807) is 6.20 Å². The van der Waals surface area contributed by atoms with Crippen molar-refractivity contribution < 1.29 is 22.3 Å². The van der Waals surface area contributed by atoms with E-state index >= 15 is 0 Å². The molecule has 4 aromatic heterocycles. The standard InChI is InChI=1S/C18H15F3N6O2/c19-18(20,21)13-7-11(8-26-3-5-28-6-4-26)23-16-12(13)1-2-15-24-14(9-27(15)16)17-25-22-10-29-17/h1-2,7,9-10H,3-6,8H2. The van der Waals surface area contributed by atoms with Crippen LogP contribution in [0.4, 0.5) is 13.2 Å². The van der Waals surface area contributed by atoms with E-state index < -0.39 is 11.7 Å². The third-order valence-electron chi connectivity index (χ3n) is 4.83. The lowest BCUT2D eigenvalue weighted by Crippen LogP contribution is -2.36. The van der Waals surface area contributed by atoms with Crippen LogP contribution in [0, 0.1) is 0 Å². The van der Waals surface area contributed by atoms with E-state index in [1.165, 1.54) is 16.5 Å². The number of halogens is 3. The van der Waals surface area contributed by atoms with Crippen molar-refractivity contribution in [1.82, 2.24) is 29.5 Å². The molecule has 4 aromatic rings. The van der Waals surface area contributed by atoms with E-state index in [4.69, 9.17) is 9.15 Å². The predicted octanol–water partition coefficient (Wildman–Crippen LogP) is 2.78. The van der Waals surface area contributed by atoms with E-state index in [-0.39, 0.29) is 16.9 Å². The Hall–Kier alpha value is -3.05. The Bertz CT molecular complexity index is 1170. The molecule has 5 rings (SSSR count). The molecule has 0 aromatic carbocycles. The number of pyridine rings is 2. The highest BCUT2D eigenvalue weighted by molar-refractivity contribution is 5.83. The molecule has 5 heterocycles. The highest BCUT2D eigenvalue weighted by Crippen LogP contribution is 2.35. The SMILES string of the molecule is FC(F)(F)c1cc(CN2CCOCC2)nc2c1ccc1nc(-c3nnco3)cn12. The summed E-state index contributed by atoms with van der Waals surface area (Å²) in [6.45, 7) is 2.72. The van der Waals surface area contributed by atoms with Crippen LogP contribution >= 0.6 is 0 Å². The molecule has 1 aliphatic rings. The van der Waals surface area contributed by atoms with Gasteiger partial charge in [0.1, 0.15) is 17.0 Å². The molecule has 1 aliphatic heterocycles. The van der Waals surface area contributed by atoms with Gasteiger partial charge in [-0.05, 0) is 18.2 Å². The third-order valence-corrected chi connectivity index (χ3v) is 4.83. The van der Waals surface area contributed by atoms with Gasteiger partial charge in [-0.1, -0.05) is 0 Å². The van der Waals surface area contributed by atoms with Gasteiger partial charge in [0.25, 0.3) is 5.89 Å². The van der Waals surface area contributed by atoms with Crippen LogP contribution in [0.1, 0.15) is 11.3 Å². The van der Waals surface area contributed by atoms with Crippen LogP contribution in [-0.2, 0) is 17.5 Å². The Morgan fingerprint density at radius 1 is 1.10 bits per heavy atom. The molecule has 11 heteroatoms. The molecule has 0 aliphatic carbocycles. The highest BCUT2D eigenvalue weighted by Gasteiger charge is 2.34. The van der Waals surface area contributed by atoms with Gasteiger partial charge in [-0.15, -0.1) is 10.2 Å². The molecule has 150 valence electrons.